The van der Waals surface area contributed by atoms with Crippen molar-refractivity contribution in [3.8, 4) is 5.75 Å². The fraction of sp³-hybridized carbons (Fsp3) is 0.250. The molecule has 28 heavy (non-hydrogen) atoms. The number of carbonyl (C=O) groups is 3. The van der Waals surface area contributed by atoms with Gasteiger partial charge in [-0.2, -0.15) is 0 Å². The second-order valence-corrected chi connectivity index (χ2v) is 6.69. The topological polar surface area (TPSA) is 84.9 Å². The molecule has 0 spiro atoms. The average molecular weight is 403 g/mol. The van der Waals surface area contributed by atoms with Crippen molar-refractivity contribution in [2.45, 2.75) is 6.42 Å². The van der Waals surface area contributed by atoms with E-state index in [0.717, 1.165) is 0 Å². The number of esters is 1. The normalized spacial score (nSPS) is 16.0. The molecule has 1 aliphatic rings. The number of nitrogens with zero attached hydrogens (tertiary/aromatic N) is 1. The lowest BCUT2D eigenvalue weighted by Crippen LogP contribution is -2.28. The zero-order valence-electron chi connectivity index (χ0n) is 15.4. The molecular weight excluding hydrogens is 384 g/mol. The van der Waals surface area contributed by atoms with Crippen molar-refractivity contribution in [3.05, 3.63) is 53.1 Å². The molecule has 0 aromatic heterocycles. The van der Waals surface area contributed by atoms with E-state index in [1.165, 1.54) is 19.2 Å². The second-order valence-electron chi connectivity index (χ2n) is 6.28. The molecule has 2 aromatic rings. The first kappa shape index (κ1) is 19.7. The number of methoxy groups -OCH3 is 2. The summed E-state index contributed by atoms with van der Waals surface area (Å²) < 4.78 is 9.86. The Morgan fingerprint density at radius 1 is 1.18 bits per heavy atom. The van der Waals surface area contributed by atoms with E-state index in [4.69, 9.17) is 16.3 Å². The van der Waals surface area contributed by atoms with Crippen LogP contribution in [0, 0.1) is 5.92 Å². The minimum atomic E-state index is -0.596. The Labute approximate surface area is 167 Å². The fourth-order valence-corrected chi connectivity index (χ4v) is 3.22. The minimum Gasteiger partial charge on any atom is -0.497 e. The molecule has 8 heteroatoms. The van der Waals surface area contributed by atoms with Crippen molar-refractivity contribution >= 4 is 40.8 Å². The van der Waals surface area contributed by atoms with Crippen LogP contribution in [-0.2, 0) is 14.3 Å². The van der Waals surface area contributed by atoms with Crippen LogP contribution in [0.2, 0.25) is 5.02 Å². The molecule has 2 amide bonds. The zero-order chi connectivity index (χ0) is 20.3. The minimum absolute atomic E-state index is 0.0977. The SMILES string of the molecule is COC(=O)c1cc(NC(=O)C2CC(=O)N(c3cccc(OC)c3)C2)ccc1Cl. The Hall–Kier alpha value is -3.06. The van der Waals surface area contributed by atoms with E-state index in [1.54, 1.807) is 42.3 Å². The number of halogens is 1. The van der Waals surface area contributed by atoms with Gasteiger partial charge in [-0.15, -0.1) is 0 Å². The van der Waals surface area contributed by atoms with E-state index in [9.17, 15) is 14.4 Å². The maximum atomic E-state index is 12.6. The molecule has 3 rings (SSSR count). The predicted molar refractivity (Wildman–Crippen MR) is 105 cm³/mol. The maximum Gasteiger partial charge on any atom is 0.339 e. The van der Waals surface area contributed by atoms with E-state index in [0.29, 0.717) is 17.1 Å². The first-order valence-electron chi connectivity index (χ1n) is 8.56. The van der Waals surface area contributed by atoms with E-state index in [-0.39, 0.29) is 35.4 Å². The summed E-state index contributed by atoms with van der Waals surface area (Å²) in [6.07, 6.45) is 0.0977. The van der Waals surface area contributed by atoms with Crippen LogP contribution in [0.15, 0.2) is 42.5 Å². The molecule has 1 heterocycles. The fourth-order valence-electron chi connectivity index (χ4n) is 3.02. The van der Waals surface area contributed by atoms with Gasteiger partial charge < -0.3 is 19.7 Å². The highest BCUT2D eigenvalue weighted by atomic mass is 35.5. The first-order chi connectivity index (χ1) is 13.4. The lowest BCUT2D eigenvalue weighted by Gasteiger charge is -2.17. The molecule has 0 bridgehead atoms. The maximum absolute atomic E-state index is 12.6. The Morgan fingerprint density at radius 3 is 2.68 bits per heavy atom. The van der Waals surface area contributed by atoms with E-state index >= 15 is 0 Å². The van der Waals surface area contributed by atoms with E-state index < -0.39 is 11.9 Å². The van der Waals surface area contributed by atoms with Crippen LogP contribution in [0.1, 0.15) is 16.8 Å². The van der Waals surface area contributed by atoms with Crippen molar-refractivity contribution in [1.82, 2.24) is 0 Å². The smallest absolute Gasteiger partial charge is 0.339 e. The number of hydrogen-bond acceptors (Lipinski definition) is 5. The van der Waals surface area contributed by atoms with Crippen LogP contribution in [0.25, 0.3) is 0 Å². The predicted octanol–water partition coefficient (Wildman–Crippen LogP) is 3.13. The van der Waals surface area contributed by atoms with Crippen LogP contribution in [0.5, 0.6) is 5.75 Å². The Kier molecular flexibility index (Phi) is 5.84. The standard InChI is InChI=1S/C20H19ClN2O5/c1-27-15-5-3-4-14(10-15)23-11-12(8-18(23)24)19(25)22-13-6-7-17(21)16(9-13)20(26)28-2/h3-7,9-10,12H,8,11H2,1-2H3,(H,22,25). The Bertz CT molecular complexity index is 931. The summed E-state index contributed by atoms with van der Waals surface area (Å²) in [5, 5.41) is 2.96. The molecule has 7 nitrogen and oxygen atoms in total. The number of amides is 2. The van der Waals surface area contributed by atoms with Crippen LogP contribution >= 0.6 is 11.6 Å². The molecule has 0 aliphatic carbocycles. The summed E-state index contributed by atoms with van der Waals surface area (Å²) in [6.45, 7) is 0.259. The number of ether oxygens (including phenoxy) is 2. The third-order valence-electron chi connectivity index (χ3n) is 4.50. The van der Waals surface area contributed by atoms with Gasteiger partial charge in [0.25, 0.3) is 0 Å². The van der Waals surface area contributed by atoms with Gasteiger partial charge in [0.15, 0.2) is 0 Å². The number of hydrogen-bond donors (Lipinski definition) is 1. The van der Waals surface area contributed by atoms with Gasteiger partial charge in [-0.1, -0.05) is 17.7 Å². The van der Waals surface area contributed by atoms with Gasteiger partial charge in [-0.3, -0.25) is 9.59 Å². The van der Waals surface area contributed by atoms with Gasteiger partial charge in [0.2, 0.25) is 11.8 Å². The lowest BCUT2D eigenvalue weighted by molar-refractivity contribution is -0.122. The van der Waals surface area contributed by atoms with Gasteiger partial charge in [0, 0.05) is 30.4 Å². The summed E-state index contributed by atoms with van der Waals surface area (Å²) in [5.41, 5.74) is 1.24. The third-order valence-corrected chi connectivity index (χ3v) is 4.83. The number of rotatable bonds is 5. The van der Waals surface area contributed by atoms with Crippen LogP contribution < -0.4 is 15.0 Å². The third kappa shape index (κ3) is 4.09. The van der Waals surface area contributed by atoms with Crippen molar-refractivity contribution in [1.29, 1.82) is 0 Å². The molecule has 1 atom stereocenters. The Morgan fingerprint density at radius 2 is 1.96 bits per heavy atom. The van der Waals surface area contributed by atoms with Crippen LogP contribution in [-0.4, -0.2) is 38.5 Å². The summed E-state index contributed by atoms with van der Waals surface area (Å²) in [6, 6.07) is 11.7. The van der Waals surface area contributed by atoms with E-state index in [2.05, 4.69) is 10.1 Å². The summed E-state index contributed by atoms with van der Waals surface area (Å²) in [4.78, 5) is 38.3. The van der Waals surface area contributed by atoms with Gasteiger partial charge in [0.05, 0.1) is 30.7 Å². The number of anilines is 2. The molecule has 1 unspecified atom stereocenters. The average Bonchev–Trinajstić information content (AvgIpc) is 3.10. The summed E-state index contributed by atoms with van der Waals surface area (Å²) in [5.74, 6) is -0.927. The highest BCUT2D eigenvalue weighted by Crippen LogP contribution is 2.29. The van der Waals surface area contributed by atoms with Gasteiger partial charge in [0.1, 0.15) is 5.75 Å². The Balaban J connectivity index is 1.72. The highest BCUT2D eigenvalue weighted by molar-refractivity contribution is 6.33. The molecular formula is C20H19ClN2O5. The summed E-state index contributed by atoms with van der Waals surface area (Å²) in [7, 11) is 2.80. The largest absolute Gasteiger partial charge is 0.497 e. The van der Waals surface area contributed by atoms with Crippen LogP contribution in [0.4, 0.5) is 11.4 Å². The molecule has 1 N–H and O–H groups in total. The number of nitrogens with one attached hydrogen (secondary N) is 1. The number of benzene rings is 2. The second kappa shape index (κ2) is 8.31. The molecule has 2 aromatic carbocycles. The molecule has 0 radical (unpaired) electrons. The molecule has 1 aliphatic heterocycles. The molecule has 0 saturated carbocycles. The summed E-state index contributed by atoms with van der Waals surface area (Å²) >= 11 is 5.99. The monoisotopic (exact) mass is 402 g/mol. The zero-order valence-corrected chi connectivity index (χ0v) is 16.2. The first-order valence-corrected chi connectivity index (χ1v) is 8.94. The van der Waals surface area contributed by atoms with Crippen molar-refractivity contribution < 1.29 is 23.9 Å². The lowest BCUT2D eigenvalue weighted by atomic mass is 10.1. The van der Waals surface area contributed by atoms with Crippen molar-refractivity contribution in [2.24, 2.45) is 5.92 Å². The van der Waals surface area contributed by atoms with Crippen molar-refractivity contribution in [3.63, 3.8) is 0 Å². The quantitative estimate of drug-likeness (QED) is 0.776. The molecule has 1 saturated heterocycles. The van der Waals surface area contributed by atoms with Gasteiger partial charge >= 0.3 is 5.97 Å². The highest BCUT2D eigenvalue weighted by Gasteiger charge is 2.35. The van der Waals surface area contributed by atoms with Gasteiger partial charge in [-0.05, 0) is 30.3 Å². The van der Waals surface area contributed by atoms with Gasteiger partial charge in [-0.25, -0.2) is 4.79 Å². The van der Waals surface area contributed by atoms with Crippen molar-refractivity contribution in [2.75, 3.05) is 31.0 Å². The number of carbonyl (C=O) groups excluding carboxylic acids is 3. The van der Waals surface area contributed by atoms with E-state index in [1.807, 2.05) is 0 Å². The molecule has 146 valence electrons. The van der Waals surface area contributed by atoms with Crippen LogP contribution in [0.3, 0.4) is 0 Å². The molecule has 1 fully saturated rings.